The number of sulfonamides is 1. The van der Waals surface area contributed by atoms with Crippen LogP contribution in [0.5, 0.6) is 0 Å². The summed E-state index contributed by atoms with van der Waals surface area (Å²) in [5.74, 6) is 0.215. The molecule has 3 heterocycles. The molecule has 0 saturated carbocycles. The fourth-order valence-electron chi connectivity index (χ4n) is 5.46. The van der Waals surface area contributed by atoms with E-state index in [0.717, 1.165) is 35.2 Å². The Labute approximate surface area is 169 Å². The van der Waals surface area contributed by atoms with Gasteiger partial charge < -0.3 is 4.90 Å². The predicted molar refractivity (Wildman–Crippen MR) is 108 cm³/mol. The maximum atomic E-state index is 13.7. The van der Waals surface area contributed by atoms with Crippen LogP contribution in [0, 0.1) is 0 Å². The van der Waals surface area contributed by atoms with Gasteiger partial charge in [-0.05, 0) is 54.2 Å². The Morgan fingerprint density at radius 3 is 2.72 bits per heavy atom. The Bertz CT molecular complexity index is 1220. The summed E-state index contributed by atoms with van der Waals surface area (Å²) in [7, 11) is -3.77. The number of aryl methyl sites for hydroxylation is 1. The molecule has 1 amide bonds. The van der Waals surface area contributed by atoms with Crippen molar-refractivity contribution in [2.75, 3.05) is 22.3 Å². The van der Waals surface area contributed by atoms with Crippen LogP contribution in [0.25, 0.3) is 0 Å². The Hall–Kier alpha value is -2.67. The molecule has 3 aliphatic heterocycles. The number of carbonyl (C=O) groups is 2. The van der Waals surface area contributed by atoms with Gasteiger partial charge in [-0.15, -0.1) is 0 Å². The lowest BCUT2D eigenvalue weighted by Gasteiger charge is -2.27. The van der Waals surface area contributed by atoms with E-state index >= 15 is 0 Å². The van der Waals surface area contributed by atoms with Gasteiger partial charge in [0.25, 0.3) is 10.0 Å². The van der Waals surface area contributed by atoms with Crippen LogP contribution in [0.2, 0.25) is 0 Å². The van der Waals surface area contributed by atoms with Crippen molar-refractivity contribution in [3.05, 3.63) is 52.6 Å². The van der Waals surface area contributed by atoms with Gasteiger partial charge in [0, 0.05) is 31.0 Å². The lowest BCUT2D eigenvalue weighted by molar-refractivity contribution is -0.117. The number of benzene rings is 2. The van der Waals surface area contributed by atoms with Gasteiger partial charge in [0.05, 0.1) is 22.7 Å². The van der Waals surface area contributed by atoms with Crippen molar-refractivity contribution in [3.63, 3.8) is 0 Å². The zero-order valence-electron chi connectivity index (χ0n) is 15.8. The Balaban J connectivity index is 1.48. The highest BCUT2D eigenvalue weighted by Gasteiger charge is 2.42. The van der Waals surface area contributed by atoms with Crippen LogP contribution in [-0.2, 0) is 27.7 Å². The highest BCUT2D eigenvalue weighted by molar-refractivity contribution is 7.92. The summed E-state index contributed by atoms with van der Waals surface area (Å²) in [6.07, 6.45) is 3.06. The second-order valence-corrected chi connectivity index (χ2v) is 10.2. The zero-order chi connectivity index (χ0) is 19.9. The molecule has 0 aromatic heterocycles. The molecular formula is C22H20N2O4S. The maximum Gasteiger partial charge on any atom is 0.264 e. The first-order valence-corrected chi connectivity index (χ1v) is 11.5. The topological polar surface area (TPSA) is 74.8 Å². The number of hydrogen-bond donors (Lipinski definition) is 0. The summed E-state index contributed by atoms with van der Waals surface area (Å²) >= 11 is 0. The number of nitrogens with zero attached hydrogens (tertiary/aromatic N) is 2. The SMILES string of the molecule is O=C1CCC2CN(S(=O)(=O)c3cc4c5c(c3)CC(=O)N5CCC4)c3cccc1c32. The van der Waals surface area contributed by atoms with E-state index in [-0.39, 0.29) is 28.9 Å². The normalized spacial score (nSPS) is 22.1. The number of rotatable bonds is 2. The molecule has 0 saturated heterocycles. The lowest BCUT2D eigenvalue weighted by Crippen LogP contribution is -2.32. The number of hydrogen-bond acceptors (Lipinski definition) is 4. The van der Waals surface area contributed by atoms with E-state index in [1.807, 2.05) is 6.07 Å². The molecule has 2 aromatic carbocycles. The minimum Gasteiger partial charge on any atom is -0.312 e. The third kappa shape index (κ3) is 2.25. The van der Waals surface area contributed by atoms with Gasteiger partial charge in [-0.3, -0.25) is 13.9 Å². The summed E-state index contributed by atoms with van der Waals surface area (Å²) in [6, 6.07) is 8.81. The fraction of sp³-hybridized carbons (Fsp3) is 0.364. The van der Waals surface area contributed by atoms with E-state index in [0.29, 0.717) is 37.2 Å². The van der Waals surface area contributed by atoms with Gasteiger partial charge in [0.1, 0.15) is 0 Å². The van der Waals surface area contributed by atoms with Crippen molar-refractivity contribution in [2.45, 2.75) is 42.9 Å². The van der Waals surface area contributed by atoms with E-state index in [4.69, 9.17) is 0 Å². The molecule has 1 atom stereocenters. The number of Topliss-reactive ketones (excluding diaryl/α,β-unsaturated/α-hetero) is 1. The van der Waals surface area contributed by atoms with Gasteiger partial charge in [0.15, 0.2) is 5.78 Å². The Kier molecular flexibility index (Phi) is 3.38. The van der Waals surface area contributed by atoms with Crippen LogP contribution in [0.1, 0.15) is 52.2 Å². The van der Waals surface area contributed by atoms with Gasteiger partial charge in [-0.25, -0.2) is 8.42 Å². The van der Waals surface area contributed by atoms with E-state index in [2.05, 4.69) is 0 Å². The van der Waals surface area contributed by atoms with Crippen molar-refractivity contribution in [1.29, 1.82) is 0 Å². The van der Waals surface area contributed by atoms with Crippen LogP contribution in [-0.4, -0.2) is 33.2 Å². The fourth-order valence-corrected chi connectivity index (χ4v) is 7.09. The smallest absolute Gasteiger partial charge is 0.264 e. The van der Waals surface area contributed by atoms with Crippen molar-refractivity contribution in [2.24, 2.45) is 0 Å². The second-order valence-electron chi connectivity index (χ2n) is 8.35. The van der Waals surface area contributed by atoms with Crippen molar-refractivity contribution >= 4 is 33.1 Å². The largest absolute Gasteiger partial charge is 0.312 e. The number of anilines is 2. The summed E-state index contributed by atoms with van der Waals surface area (Å²) in [5, 5.41) is 0. The van der Waals surface area contributed by atoms with Crippen LogP contribution in [0.3, 0.4) is 0 Å². The maximum absolute atomic E-state index is 13.7. The molecule has 0 N–H and O–H groups in total. The molecule has 0 spiro atoms. The first kappa shape index (κ1) is 17.2. The van der Waals surface area contributed by atoms with E-state index < -0.39 is 10.0 Å². The molecular weight excluding hydrogens is 388 g/mol. The van der Waals surface area contributed by atoms with Crippen molar-refractivity contribution in [3.8, 4) is 0 Å². The standard InChI is InChI=1S/C22H20N2O4S/c25-19-7-6-14-12-24(18-5-1-4-17(19)21(14)18)29(27,28)16-9-13-3-2-8-23-20(26)11-15(10-16)22(13)23/h1,4-5,9-10,14H,2-3,6-8,11-12H2. The highest BCUT2D eigenvalue weighted by Crippen LogP contribution is 2.47. The molecule has 4 aliphatic rings. The third-order valence-electron chi connectivity index (χ3n) is 6.74. The molecule has 0 bridgehead atoms. The highest BCUT2D eigenvalue weighted by atomic mass is 32.2. The predicted octanol–water partition coefficient (Wildman–Crippen LogP) is 2.79. The minimum absolute atomic E-state index is 0.0520. The monoisotopic (exact) mass is 408 g/mol. The molecule has 6 nitrogen and oxygen atoms in total. The molecule has 1 aliphatic carbocycles. The second kappa shape index (κ2) is 5.69. The zero-order valence-corrected chi connectivity index (χ0v) is 16.7. The molecule has 2 aromatic rings. The minimum atomic E-state index is -3.77. The van der Waals surface area contributed by atoms with E-state index in [1.54, 1.807) is 29.2 Å². The summed E-state index contributed by atoms with van der Waals surface area (Å²) in [5.41, 5.74) is 4.87. The molecule has 7 heteroatoms. The molecule has 29 heavy (non-hydrogen) atoms. The molecule has 0 radical (unpaired) electrons. The summed E-state index contributed by atoms with van der Waals surface area (Å²) in [6.45, 7) is 1.09. The molecule has 1 unspecified atom stereocenters. The molecule has 148 valence electrons. The van der Waals surface area contributed by atoms with Crippen LogP contribution in [0.15, 0.2) is 35.2 Å². The van der Waals surface area contributed by atoms with Gasteiger partial charge in [-0.2, -0.15) is 0 Å². The van der Waals surface area contributed by atoms with Gasteiger partial charge >= 0.3 is 0 Å². The molecule has 0 fully saturated rings. The quantitative estimate of drug-likeness (QED) is 0.766. The summed E-state index contributed by atoms with van der Waals surface area (Å²) in [4.78, 5) is 26.7. The first-order chi connectivity index (χ1) is 13.9. The van der Waals surface area contributed by atoms with Gasteiger partial charge in [-0.1, -0.05) is 12.1 Å². The van der Waals surface area contributed by atoms with Crippen molar-refractivity contribution < 1.29 is 18.0 Å². The lowest BCUT2D eigenvalue weighted by atomic mass is 9.83. The first-order valence-electron chi connectivity index (χ1n) is 10.1. The number of amides is 1. The van der Waals surface area contributed by atoms with Crippen LogP contribution in [0.4, 0.5) is 11.4 Å². The summed E-state index contributed by atoms with van der Waals surface area (Å²) < 4.78 is 28.8. The molecule has 6 rings (SSSR count). The number of carbonyl (C=O) groups excluding carboxylic acids is 2. The van der Waals surface area contributed by atoms with E-state index in [9.17, 15) is 18.0 Å². The Morgan fingerprint density at radius 1 is 1.03 bits per heavy atom. The Morgan fingerprint density at radius 2 is 1.86 bits per heavy atom. The number of ketones is 1. The third-order valence-corrected chi connectivity index (χ3v) is 8.49. The van der Waals surface area contributed by atoms with Crippen LogP contribution < -0.4 is 9.21 Å². The van der Waals surface area contributed by atoms with Gasteiger partial charge in [0.2, 0.25) is 5.91 Å². The van der Waals surface area contributed by atoms with Crippen molar-refractivity contribution in [1.82, 2.24) is 0 Å². The average Bonchev–Trinajstić information content (AvgIpc) is 3.25. The average molecular weight is 408 g/mol. The van der Waals surface area contributed by atoms with Crippen LogP contribution >= 0.6 is 0 Å². The van der Waals surface area contributed by atoms with E-state index in [1.165, 1.54) is 4.31 Å².